The van der Waals surface area contributed by atoms with Gasteiger partial charge in [0.05, 0.1) is 18.4 Å². The summed E-state index contributed by atoms with van der Waals surface area (Å²) in [6.45, 7) is 4.04. The third-order valence-electron chi connectivity index (χ3n) is 3.66. The molecule has 126 valence electrons. The van der Waals surface area contributed by atoms with E-state index in [4.69, 9.17) is 4.74 Å². The first-order chi connectivity index (χ1) is 11.6. The monoisotopic (exact) mass is 343 g/mol. The number of amides is 1. The van der Waals surface area contributed by atoms with Gasteiger partial charge in [0.1, 0.15) is 0 Å². The van der Waals surface area contributed by atoms with Gasteiger partial charge in [-0.25, -0.2) is 4.79 Å². The summed E-state index contributed by atoms with van der Waals surface area (Å²) in [6, 6.07) is 13.1. The predicted octanol–water partition coefficient (Wildman–Crippen LogP) is 4.07. The molecule has 0 unspecified atom stereocenters. The number of carbonyl (C=O) groups is 2. The number of hydrogen-bond acceptors (Lipinski definition) is 4. The molecule has 0 fully saturated rings. The van der Waals surface area contributed by atoms with Gasteiger partial charge in [-0.2, -0.15) is 0 Å². The maximum absolute atomic E-state index is 12.3. The molecule has 0 bridgehead atoms. The van der Waals surface area contributed by atoms with Gasteiger partial charge >= 0.3 is 5.97 Å². The molecule has 0 spiro atoms. The summed E-state index contributed by atoms with van der Waals surface area (Å²) in [6.07, 6.45) is 0.857. The van der Waals surface area contributed by atoms with Gasteiger partial charge in [-0.15, -0.1) is 11.8 Å². The standard InChI is InChI=1S/C19H21NO3S/c1-4-14-9-7-8-13(2)18(14)20-17(21)12-24-16-11-6-5-10-15(16)19(22)23-3/h5-11H,4,12H2,1-3H3,(H,20,21). The summed E-state index contributed by atoms with van der Waals surface area (Å²) < 4.78 is 4.77. The van der Waals surface area contributed by atoms with Crippen LogP contribution < -0.4 is 5.32 Å². The Morgan fingerprint density at radius 2 is 1.88 bits per heavy atom. The van der Waals surface area contributed by atoms with E-state index in [1.54, 1.807) is 12.1 Å². The Bertz CT molecular complexity index is 743. The molecule has 2 rings (SSSR count). The van der Waals surface area contributed by atoms with Crippen molar-refractivity contribution in [3.05, 3.63) is 59.2 Å². The Kier molecular flexibility index (Phi) is 6.44. The summed E-state index contributed by atoms with van der Waals surface area (Å²) >= 11 is 1.32. The molecule has 4 nitrogen and oxygen atoms in total. The number of rotatable bonds is 6. The van der Waals surface area contributed by atoms with Crippen LogP contribution in [0.5, 0.6) is 0 Å². The number of para-hydroxylation sites is 1. The highest BCUT2D eigenvalue weighted by molar-refractivity contribution is 8.00. The number of ether oxygens (including phenoxy) is 1. The molecule has 24 heavy (non-hydrogen) atoms. The zero-order valence-corrected chi connectivity index (χ0v) is 14.9. The van der Waals surface area contributed by atoms with E-state index in [1.807, 2.05) is 37.3 Å². The predicted molar refractivity (Wildman–Crippen MR) is 97.7 cm³/mol. The van der Waals surface area contributed by atoms with Gasteiger partial charge in [-0.3, -0.25) is 4.79 Å². The second kappa shape index (κ2) is 8.55. The molecule has 0 radical (unpaired) electrons. The maximum Gasteiger partial charge on any atom is 0.338 e. The molecule has 0 aliphatic heterocycles. The minimum atomic E-state index is -0.398. The van der Waals surface area contributed by atoms with Crippen LogP contribution in [-0.4, -0.2) is 24.7 Å². The van der Waals surface area contributed by atoms with Crippen molar-refractivity contribution in [2.24, 2.45) is 0 Å². The fourth-order valence-electron chi connectivity index (χ4n) is 2.39. The Labute approximate surface area is 146 Å². The quantitative estimate of drug-likeness (QED) is 0.634. The molecular formula is C19H21NO3S. The van der Waals surface area contributed by atoms with Gasteiger partial charge in [-0.1, -0.05) is 37.3 Å². The lowest BCUT2D eigenvalue weighted by molar-refractivity contribution is -0.113. The number of carbonyl (C=O) groups excluding carboxylic acids is 2. The zero-order chi connectivity index (χ0) is 17.5. The van der Waals surface area contributed by atoms with Crippen molar-refractivity contribution in [2.45, 2.75) is 25.2 Å². The van der Waals surface area contributed by atoms with Gasteiger partial charge in [0.15, 0.2) is 0 Å². The van der Waals surface area contributed by atoms with Crippen LogP contribution in [0.3, 0.4) is 0 Å². The van der Waals surface area contributed by atoms with E-state index in [1.165, 1.54) is 18.9 Å². The average Bonchev–Trinajstić information content (AvgIpc) is 2.61. The Hall–Kier alpha value is -2.27. The van der Waals surface area contributed by atoms with Crippen molar-refractivity contribution >= 4 is 29.3 Å². The lowest BCUT2D eigenvalue weighted by Gasteiger charge is -2.13. The normalized spacial score (nSPS) is 10.3. The Morgan fingerprint density at radius 3 is 2.58 bits per heavy atom. The number of anilines is 1. The van der Waals surface area contributed by atoms with Gasteiger partial charge < -0.3 is 10.1 Å². The molecule has 0 aliphatic carbocycles. The van der Waals surface area contributed by atoms with E-state index in [-0.39, 0.29) is 11.7 Å². The third kappa shape index (κ3) is 4.38. The SMILES string of the molecule is CCc1cccc(C)c1NC(=O)CSc1ccccc1C(=O)OC. The largest absolute Gasteiger partial charge is 0.465 e. The lowest BCUT2D eigenvalue weighted by atomic mass is 10.1. The number of benzene rings is 2. The molecule has 0 aromatic heterocycles. The number of nitrogens with one attached hydrogen (secondary N) is 1. The van der Waals surface area contributed by atoms with Gasteiger partial charge in [0, 0.05) is 10.6 Å². The van der Waals surface area contributed by atoms with E-state index in [2.05, 4.69) is 12.2 Å². The van der Waals surface area contributed by atoms with Crippen LogP contribution in [0.15, 0.2) is 47.4 Å². The van der Waals surface area contributed by atoms with E-state index in [0.717, 1.165) is 28.1 Å². The summed E-state index contributed by atoms with van der Waals surface area (Å²) in [7, 11) is 1.35. The summed E-state index contributed by atoms with van der Waals surface area (Å²) in [4.78, 5) is 24.8. The first-order valence-electron chi connectivity index (χ1n) is 7.75. The molecule has 2 aromatic rings. The lowest BCUT2D eigenvalue weighted by Crippen LogP contribution is -2.16. The second-order valence-electron chi connectivity index (χ2n) is 5.29. The molecular weight excluding hydrogens is 322 g/mol. The molecule has 2 aromatic carbocycles. The van der Waals surface area contributed by atoms with Crippen LogP contribution in [0.25, 0.3) is 0 Å². The van der Waals surface area contributed by atoms with Crippen LogP contribution in [-0.2, 0) is 16.0 Å². The number of aryl methyl sites for hydroxylation is 2. The zero-order valence-electron chi connectivity index (χ0n) is 14.1. The Balaban J connectivity index is 2.06. The van der Waals surface area contributed by atoms with Crippen molar-refractivity contribution < 1.29 is 14.3 Å². The number of esters is 1. The van der Waals surface area contributed by atoms with Crippen LogP contribution in [0.2, 0.25) is 0 Å². The molecule has 0 heterocycles. The van der Waals surface area contributed by atoms with Gasteiger partial charge in [-0.05, 0) is 36.6 Å². The molecule has 0 atom stereocenters. The van der Waals surface area contributed by atoms with Crippen molar-refractivity contribution in [2.75, 3.05) is 18.2 Å². The molecule has 0 saturated heterocycles. The summed E-state index contributed by atoms with van der Waals surface area (Å²) in [5.41, 5.74) is 3.51. The number of thioether (sulfide) groups is 1. The molecule has 1 amide bonds. The van der Waals surface area contributed by atoms with Crippen LogP contribution in [0.4, 0.5) is 5.69 Å². The second-order valence-corrected chi connectivity index (χ2v) is 6.30. The van der Waals surface area contributed by atoms with Gasteiger partial charge in [0.2, 0.25) is 5.91 Å². The van der Waals surface area contributed by atoms with Crippen molar-refractivity contribution in [1.29, 1.82) is 0 Å². The summed E-state index contributed by atoms with van der Waals surface area (Å²) in [5.74, 6) is -0.264. The van der Waals surface area contributed by atoms with Crippen molar-refractivity contribution in [1.82, 2.24) is 0 Å². The van der Waals surface area contributed by atoms with E-state index < -0.39 is 5.97 Å². The number of methoxy groups -OCH3 is 1. The highest BCUT2D eigenvalue weighted by Gasteiger charge is 2.14. The molecule has 5 heteroatoms. The Morgan fingerprint density at radius 1 is 1.12 bits per heavy atom. The van der Waals surface area contributed by atoms with Crippen LogP contribution in [0, 0.1) is 6.92 Å². The summed E-state index contributed by atoms with van der Waals surface area (Å²) in [5, 5.41) is 2.99. The average molecular weight is 343 g/mol. The topological polar surface area (TPSA) is 55.4 Å². The molecule has 0 saturated carbocycles. The van der Waals surface area contributed by atoms with Crippen LogP contribution >= 0.6 is 11.8 Å². The first kappa shape index (κ1) is 18.1. The maximum atomic E-state index is 12.3. The highest BCUT2D eigenvalue weighted by Crippen LogP contribution is 2.25. The van der Waals surface area contributed by atoms with E-state index in [0.29, 0.717) is 5.56 Å². The van der Waals surface area contributed by atoms with E-state index >= 15 is 0 Å². The van der Waals surface area contributed by atoms with Crippen molar-refractivity contribution in [3.63, 3.8) is 0 Å². The molecule has 0 aliphatic rings. The third-order valence-corrected chi connectivity index (χ3v) is 4.73. The number of hydrogen-bond donors (Lipinski definition) is 1. The first-order valence-corrected chi connectivity index (χ1v) is 8.73. The smallest absolute Gasteiger partial charge is 0.338 e. The van der Waals surface area contributed by atoms with Crippen LogP contribution in [0.1, 0.15) is 28.4 Å². The molecule has 1 N–H and O–H groups in total. The fraction of sp³-hybridized carbons (Fsp3) is 0.263. The highest BCUT2D eigenvalue weighted by atomic mass is 32.2. The van der Waals surface area contributed by atoms with Gasteiger partial charge in [0.25, 0.3) is 0 Å². The van der Waals surface area contributed by atoms with E-state index in [9.17, 15) is 9.59 Å². The van der Waals surface area contributed by atoms with Crippen molar-refractivity contribution in [3.8, 4) is 0 Å². The fourth-order valence-corrected chi connectivity index (χ4v) is 3.23. The minimum Gasteiger partial charge on any atom is -0.465 e. The minimum absolute atomic E-state index is 0.0938.